The molecule has 0 unspecified atom stereocenters. The van der Waals surface area contributed by atoms with Crippen molar-refractivity contribution in [3.63, 3.8) is 0 Å². The number of hydrogen-bond donors (Lipinski definition) is 1. The zero-order valence-corrected chi connectivity index (χ0v) is 11.0. The molecular weight excluding hydrogens is 253 g/mol. The molecule has 1 nitrogen and oxygen atoms in total. The summed E-state index contributed by atoms with van der Waals surface area (Å²) in [5.74, 6) is 0. The summed E-state index contributed by atoms with van der Waals surface area (Å²) in [6, 6.07) is 13.7. The second-order valence-corrected chi connectivity index (χ2v) is 4.80. The number of aryl methyl sites for hydroxylation is 1. The van der Waals surface area contributed by atoms with Gasteiger partial charge in [0.2, 0.25) is 0 Å². The summed E-state index contributed by atoms with van der Waals surface area (Å²) in [5.41, 5.74) is 3.32. The molecule has 0 bridgehead atoms. The fourth-order valence-electron chi connectivity index (χ4n) is 1.55. The van der Waals surface area contributed by atoms with Crippen molar-refractivity contribution in [1.82, 2.24) is 0 Å². The molecule has 0 aromatic heterocycles. The minimum atomic E-state index is 0.669. The monoisotopic (exact) mass is 265 g/mol. The van der Waals surface area contributed by atoms with Gasteiger partial charge in [-0.3, -0.25) is 0 Å². The molecule has 0 spiro atoms. The van der Waals surface area contributed by atoms with Gasteiger partial charge < -0.3 is 5.32 Å². The van der Waals surface area contributed by atoms with Gasteiger partial charge in [0.05, 0.1) is 0 Å². The molecule has 0 atom stereocenters. The van der Waals surface area contributed by atoms with Crippen molar-refractivity contribution < 1.29 is 0 Å². The predicted octanol–water partition coefficient (Wildman–Crippen LogP) is 4.91. The van der Waals surface area contributed by atoms with Crippen LogP contribution in [0, 0.1) is 6.92 Å². The highest BCUT2D eigenvalue weighted by Crippen LogP contribution is 2.21. The van der Waals surface area contributed by atoms with Crippen LogP contribution in [-0.4, -0.2) is 0 Å². The first-order valence-electron chi connectivity index (χ1n) is 5.39. The number of benzene rings is 2. The molecule has 3 heteroatoms. The summed E-state index contributed by atoms with van der Waals surface area (Å²) in [5, 5.41) is 4.75. The van der Waals surface area contributed by atoms with Crippen molar-refractivity contribution in [2.45, 2.75) is 13.5 Å². The van der Waals surface area contributed by atoms with Crippen LogP contribution in [0.4, 0.5) is 5.69 Å². The van der Waals surface area contributed by atoms with E-state index in [2.05, 4.69) is 24.4 Å². The van der Waals surface area contributed by atoms with E-state index in [0.717, 1.165) is 16.3 Å². The quantitative estimate of drug-likeness (QED) is 0.831. The Balaban J connectivity index is 2.07. The van der Waals surface area contributed by atoms with Gasteiger partial charge in [-0.25, -0.2) is 0 Å². The molecule has 0 aliphatic heterocycles. The van der Waals surface area contributed by atoms with Crippen molar-refractivity contribution in [3.05, 3.63) is 63.6 Å². The van der Waals surface area contributed by atoms with Crippen LogP contribution < -0.4 is 5.32 Å². The molecule has 17 heavy (non-hydrogen) atoms. The molecule has 2 aromatic carbocycles. The average Bonchev–Trinajstić information content (AvgIpc) is 2.32. The molecule has 0 aliphatic rings. The highest BCUT2D eigenvalue weighted by molar-refractivity contribution is 6.33. The molecule has 0 saturated carbocycles. The first-order chi connectivity index (χ1) is 8.15. The number of nitrogens with one attached hydrogen (secondary N) is 1. The van der Waals surface area contributed by atoms with Gasteiger partial charge in [0, 0.05) is 22.3 Å². The Morgan fingerprint density at radius 3 is 2.41 bits per heavy atom. The number of anilines is 1. The van der Waals surface area contributed by atoms with Gasteiger partial charge >= 0.3 is 0 Å². The zero-order chi connectivity index (χ0) is 12.3. The maximum Gasteiger partial charge on any atom is 0.0456 e. The van der Waals surface area contributed by atoms with Gasteiger partial charge in [-0.2, -0.15) is 0 Å². The molecule has 88 valence electrons. The lowest BCUT2D eigenvalue weighted by Crippen LogP contribution is -1.99. The highest BCUT2D eigenvalue weighted by atomic mass is 35.5. The number of halogens is 2. The van der Waals surface area contributed by atoms with E-state index in [9.17, 15) is 0 Å². The van der Waals surface area contributed by atoms with Crippen molar-refractivity contribution in [1.29, 1.82) is 0 Å². The van der Waals surface area contributed by atoms with E-state index in [4.69, 9.17) is 23.2 Å². The maximum absolute atomic E-state index is 6.09. The van der Waals surface area contributed by atoms with Crippen LogP contribution in [0.15, 0.2) is 42.5 Å². The van der Waals surface area contributed by atoms with E-state index in [1.807, 2.05) is 24.3 Å². The molecule has 0 saturated heterocycles. The third kappa shape index (κ3) is 3.39. The summed E-state index contributed by atoms with van der Waals surface area (Å²) in [6.45, 7) is 2.74. The summed E-state index contributed by atoms with van der Waals surface area (Å²) in [6.07, 6.45) is 0. The second-order valence-electron chi connectivity index (χ2n) is 3.96. The third-order valence-electron chi connectivity index (χ3n) is 2.54. The van der Waals surface area contributed by atoms with E-state index >= 15 is 0 Å². The van der Waals surface area contributed by atoms with Crippen molar-refractivity contribution >= 4 is 28.9 Å². The van der Waals surface area contributed by atoms with Gasteiger partial charge in [0.15, 0.2) is 0 Å². The minimum absolute atomic E-state index is 0.669. The summed E-state index contributed by atoms with van der Waals surface area (Å²) >= 11 is 12.0. The van der Waals surface area contributed by atoms with Crippen molar-refractivity contribution in [2.75, 3.05) is 5.32 Å². The van der Waals surface area contributed by atoms with E-state index in [-0.39, 0.29) is 0 Å². The van der Waals surface area contributed by atoms with E-state index in [1.165, 1.54) is 5.56 Å². The van der Waals surface area contributed by atoms with Gasteiger partial charge in [0.1, 0.15) is 0 Å². The lowest BCUT2D eigenvalue weighted by Gasteiger charge is -2.08. The average molecular weight is 266 g/mol. The van der Waals surface area contributed by atoms with Gasteiger partial charge in [-0.15, -0.1) is 0 Å². The second kappa shape index (κ2) is 5.44. The van der Waals surface area contributed by atoms with Gasteiger partial charge in [-0.05, 0) is 42.8 Å². The standard InChI is InChI=1S/C14H13Cl2N/c1-10-2-5-13(6-3-10)17-9-11-8-12(15)4-7-14(11)16/h2-8,17H,9H2,1H3. The topological polar surface area (TPSA) is 12.0 Å². The lowest BCUT2D eigenvalue weighted by atomic mass is 10.2. The van der Waals surface area contributed by atoms with Crippen LogP contribution in [0.3, 0.4) is 0 Å². The Labute approximate surface area is 111 Å². The van der Waals surface area contributed by atoms with Crippen LogP contribution in [-0.2, 0) is 6.54 Å². The molecule has 2 aromatic rings. The fraction of sp³-hybridized carbons (Fsp3) is 0.143. The molecule has 0 fully saturated rings. The van der Waals surface area contributed by atoms with Crippen molar-refractivity contribution in [3.8, 4) is 0 Å². The maximum atomic E-state index is 6.09. The Hall–Kier alpha value is -1.18. The number of rotatable bonds is 3. The predicted molar refractivity (Wildman–Crippen MR) is 75.0 cm³/mol. The molecule has 0 amide bonds. The Morgan fingerprint density at radius 2 is 1.71 bits per heavy atom. The SMILES string of the molecule is Cc1ccc(NCc2cc(Cl)ccc2Cl)cc1. The van der Waals surface area contributed by atoms with E-state index < -0.39 is 0 Å². The Bertz CT molecular complexity index is 506. The summed E-state index contributed by atoms with van der Waals surface area (Å²) < 4.78 is 0. The van der Waals surface area contributed by atoms with Gasteiger partial charge in [0.25, 0.3) is 0 Å². The fourth-order valence-corrected chi connectivity index (χ4v) is 1.93. The minimum Gasteiger partial charge on any atom is -0.381 e. The normalized spacial score (nSPS) is 10.3. The smallest absolute Gasteiger partial charge is 0.0456 e. The van der Waals surface area contributed by atoms with Crippen LogP contribution in [0.5, 0.6) is 0 Å². The zero-order valence-electron chi connectivity index (χ0n) is 9.50. The molecule has 0 aliphatic carbocycles. The highest BCUT2D eigenvalue weighted by Gasteiger charge is 2.01. The van der Waals surface area contributed by atoms with E-state index in [1.54, 1.807) is 6.07 Å². The summed E-state index contributed by atoms with van der Waals surface area (Å²) in [7, 11) is 0. The molecule has 0 radical (unpaired) electrons. The largest absolute Gasteiger partial charge is 0.381 e. The van der Waals surface area contributed by atoms with Crippen LogP contribution in [0.2, 0.25) is 10.0 Å². The lowest BCUT2D eigenvalue weighted by molar-refractivity contribution is 1.15. The first-order valence-corrected chi connectivity index (χ1v) is 6.15. The molecule has 0 heterocycles. The molecule has 1 N–H and O–H groups in total. The number of hydrogen-bond acceptors (Lipinski definition) is 1. The van der Waals surface area contributed by atoms with Crippen molar-refractivity contribution in [2.24, 2.45) is 0 Å². The van der Waals surface area contributed by atoms with E-state index in [0.29, 0.717) is 11.6 Å². The third-order valence-corrected chi connectivity index (χ3v) is 3.15. The molecular formula is C14H13Cl2N. The Morgan fingerprint density at radius 1 is 1.00 bits per heavy atom. The first kappa shape index (κ1) is 12.3. The van der Waals surface area contributed by atoms with Crippen LogP contribution in [0.1, 0.15) is 11.1 Å². The Kier molecular flexibility index (Phi) is 3.93. The molecule has 2 rings (SSSR count). The summed E-state index contributed by atoms with van der Waals surface area (Å²) in [4.78, 5) is 0. The van der Waals surface area contributed by atoms with Gasteiger partial charge in [-0.1, -0.05) is 40.9 Å². The van der Waals surface area contributed by atoms with Crippen LogP contribution in [0.25, 0.3) is 0 Å². The van der Waals surface area contributed by atoms with Crippen LogP contribution >= 0.6 is 23.2 Å².